The Morgan fingerprint density at radius 3 is 2.26 bits per heavy atom. The molecule has 1 aromatic carbocycles. The first kappa shape index (κ1) is 28.9. The number of carbonyl (C=O) groups is 1. The maximum atomic E-state index is 13.8. The number of nitrogens with zero attached hydrogens (tertiary/aromatic N) is 6. The maximum absolute atomic E-state index is 13.8. The van der Waals surface area contributed by atoms with Crippen molar-refractivity contribution in [3.05, 3.63) is 47.5 Å². The summed E-state index contributed by atoms with van der Waals surface area (Å²) in [5, 5.41) is 5.81. The fraction of sp³-hybridized carbons (Fsp3) is 0.552. The lowest BCUT2D eigenvalue weighted by Crippen LogP contribution is -2.48. The van der Waals surface area contributed by atoms with Crippen LogP contribution in [0.3, 0.4) is 0 Å². The van der Waals surface area contributed by atoms with E-state index >= 15 is 0 Å². The van der Waals surface area contributed by atoms with E-state index in [4.69, 9.17) is 5.10 Å². The maximum Gasteiger partial charge on any atom is 0.303 e. The molecular weight excluding hydrogens is 564 g/mol. The average Bonchev–Trinajstić information content (AvgIpc) is 3.31. The predicted molar refractivity (Wildman–Crippen MR) is 156 cm³/mol. The summed E-state index contributed by atoms with van der Waals surface area (Å²) in [7, 11) is -1.37. The van der Waals surface area contributed by atoms with Crippen molar-refractivity contribution in [3.8, 4) is 5.69 Å². The first-order valence-electron chi connectivity index (χ1n) is 14.7. The van der Waals surface area contributed by atoms with Gasteiger partial charge in [0.15, 0.2) is 5.65 Å². The van der Waals surface area contributed by atoms with Crippen molar-refractivity contribution >= 4 is 32.8 Å². The van der Waals surface area contributed by atoms with E-state index in [0.29, 0.717) is 30.2 Å². The monoisotopic (exact) mass is 601 g/mol. The Hall–Kier alpha value is -3.16. The topological polar surface area (TPSA) is 104 Å². The minimum absolute atomic E-state index is 0.0431. The van der Waals surface area contributed by atoms with Gasteiger partial charge >= 0.3 is 10.2 Å². The predicted octanol–water partition coefficient (Wildman–Crippen LogP) is 3.77. The molecule has 42 heavy (non-hydrogen) atoms. The van der Waals surface area contributed by atoms with Crippen LogP contribution in [0, 0.1) is 5.82 Å². The van der Waals surface area contributed by atoms with Crippen molar-refractivity contribution in [2.24, 2.45) is 0 Å². The molecule has 2 aromatic heterocycles. The van der Waals surface area contributed by atoms with Crippen LogP contribution in [0.1, 0.15) is 67.0 Å². The molecule has 2 aliphatic heterocycles. The second kappa shape index (κ2) is 11.5. The van der Waals surface area contributed by atoms with Gasteiger partial charge in [0, 0.05) is 52.2 Å². The van der Waals surface area contributed by atoms with Crippen molar-refractivity contribution in [1.29, 1.82) is 0 Å². The van der Waals surface area contributed by atoms with Gasteiger partial charge in [-0.25, -0.2) is 23.2 Å². The van der Waals surface area contributed by atoms with Crippen LogP contribution in [0.15, 0.2) is 30.3 Å². The Bertz CT molecular complexity index is 1560. The number of carbonyl (C=O) groups excluding carboxylic acids is 1. The van der Waals surface area contributed by atoms with E-state index in [-0.39, 0.29) is 17.4 Å². The van der Waals surface area contributed by atoms with Crippen LogP contribution < -0.4 is 9.62 Å². The highest BCUT2D eigenvalue weighted by atomic mass is 32.2. The molecule has 0 bridgehead atoms. The number of nitrogens with one attached hydrogen (secondary N) is 1. The van der Waals surface area contributed by atoms with E-state index < -0.39 is 22.3 Å². The Morgan fingerprint density at radius 1 is 1.00 bits per heavy atom. The van der Waals surface area contributed by atoms with E-state index in [9.17, 15) is 22.0 Å². The number of pyridine rings is 1. The molecule has 2 saturated heterocycles. The number of aromatic nitrogens is 3. The van der Waals surface area contributed by atoms with Crippen molar-refractivity contribution < 1.29 is 22.0 Å². The van der Waals surface area contributed by atoms with Gasteiger partial charge in [-0.2, -0.15) is 17.8 Å². The molecule has 10 nitrogen and oxygen atoms in total. The molecule has 3 aliphatic rings. The van der Waals surface area contributed by atoms with Crippen molar-refractivity contribution in [1.82, 2.24) is 28.7 Å². The molecule has 3 fully saturated rings. The van der Waals surface area contributed by atoms with Gasteiger partial charge in [-0.3, -0.25) is 4.79 Å². The van der Waals surface area contributed by atoms with Crippen LogP contribution in [0.2, 0.25) is 0 Å². The van der Waals surface area contributed by atoms with Gasteiger partial charge in [0.25, 0.3) is 5.91 Å². The van der Waals surface area contributed by atoms with Gasteiger partial charge < -0.3 is 9.80 Å². The summed E-state index contributed by atoms with van der Waals surface area (Å²) in [5.74, 6) is -0.980. The van der Waals surface area contributed by atoms with Crippen molar-refractivity contribution in [2.45, 2.75) is 63.1 Å². The molecule has 1 saturated carbocycles. The normalized spacial score (nSPS) is 19.9. The zero-order chi connectivity index (χ0) is 29.6. The quantitative estimate of drug-likeness (QED) is 0.440. The first-order valence-corrected chi connectivity index (χ1v) is 16.1. The van der Waals surface area contributed by atoms with Crippen LogP contribution in [0.5, 0.6) is 0 Å². The number of hydrogen-bond acceptors (Lipinski definition) is 7. The van der Waals surface area contributed by atoms with E-state index in [0.717, 1.165) is 79.4 Å². The highest BCUT2D eigenvalue weighted by Gasteiger charge is 2.33. The standard InChI is InChI=1S/C29H37F2N7O3S/c1-35(2)42(40,41)34-29(39)24-18-25(37-16-12-22(13-17-37)36-14-10-21(31)11-15-36)26-27(19-4-3-5-19)33-38(28(26)32-24)23-8-6-20(30)7-9-23/h6-9,18-19,21-22H,3-5,10-17H2,1-2H3,(H,34,39). The van der Waals surface area contributed by atoms with E-state index in [1.807, 2.05) is 0 Å². The molecule has 1 aliphatic carbocycles. The molecule has 0 atom stereocenters. The van der Waals surface area contributed by atoms with Crippen molar-refractivity contribution in [3.63, 3.8) is 0 Å². The fourth-order valence-corrected chi connectivity index (χ4v) is 6.71. The Kier molecular flexibility index (Phi) is 7.92. The second-order valence-corrected chi connectivity index (χ2v) is 13.7. The molecule has 1 amide bonds. The summed E-state index contributed by atoms with van der Waals surface area (Å²) in [6.45, 7) is 2.99. The fourth-order valence-electron chi connectivity index (χ4n) is 6.18. The number of likely N-dealkylation sites (tertiary alicyclic amines) is 1. The molecule has 6 rings (SSSR count). The number of halogens is 2. The third-order valence-corrected chi connectivity index (χ3v) is 10.3. The summed E-state index contributed by atoms with van der Waals surface area (Å²) in [4.78, 5) is 22.6. The molecule has 0 unspecified atom stereocenters. The molecule has 0 radical (unpaired) electrons. The molecule has 226 valence electrons. The van der Waals surface area contributed by atoms with Crippen LogP contribution in [-0.2, 0) is 10.2 Å². The average molecular weight is 602 g/mol. The van der Waals surface area contributed by atoms with E-state index in [1.165, 1.54) is 26.2 Å². The highest BCUT2D eigenvalue weighted by molar-refractivity contribution is 7.87. The molecular formula is C29H37F2N7O3S. The number of amides is 1. The van der Waals surface area contributed by atoms with E-state index in [1.54, 1.807) is 22.9 Å². The zero-order valence-electron chi connectivity index (χ0n) is 24.0. The van der Waals surface area contributed by atoms with Gasteiger partial charge in [0.2, 0.25) is 0 Å². The number of fused-ring (bicyclic) bond motifs is 1. The minimum Gasteiger partial charge on any atom is -0.371 e. The number of alkyl halides is 1. The van der Waals surface area contributed by atoms with Gasteiger partial charge in [0.05, 0.1) is 22.5 Å². The summed E-state index contributed by atoms with van der Waals surface area (Å²) in [6.07, 6.45) is 5.30. The van der Waals surface area contributed by atoms with Gasteiger partial charge in [-0.15, -0.1) is 0 Å². The van der Waals surface area contributed by atoms with Crippen molar-refractivity contribution in [2.75, 3.05) is 45.2 Å². The molecule has 1 N–H and O–H groups in total. The van der Waals surface area contributed by atoms with Crippen LogP contribution in [0.25, 0.3) is 16.7 Å². The summed E-state index contributed by atoms with van der Waals surface area (Å²) in [6, 6.07) is 7.97. The molecule has 13 heteroatoms. The van der Waals surface area contributed by atoms with Gasteiger partial charge in [0.1, 0.15) is 17.7 Å². The number of benzene rings is 1. The lowest BCUT2D eigenvalue weighted by molar-refractivity contribution is 0.0971. The Labute approximate surface area is 244 Å². The lowest BCUT2D eigenvalue weighted by Gasteiger charge is -2.41. The number of anilines is 1. The Balaban J connectivity index is 1.42. The zero-order valence-corrected chi connectivity index (χ0v) is 24.8. The minimum atomic E-state index is -4.05. The van der Waals surface area contributed by atoms with Gasteiger partial charge in [-0.1, -0.05) is 6.42 Å². The number of rotatable bonds is 7. The smallest absolute Gasteiger partial charge is 0.303 e. The summed E-state index contributed by atoms with van der Waals surface area (Å²) in [5.41, 5.74) is 2.67. The summed E-state index contributed by atoms with van der Waals surface area (Å²) >= 11 is 0. The SMILES string of the molecule is CN(C)S(=O)(=O)NC(=O)c1cc(N2CCC(N3CCC(F)CC3)CC2)c2c(C3CCC3)nn(-c3ccc(F)cc3)c2n1. The molecule has 3 aromatic rings. The largest absolute Gasteiger partial charge is 0.371 e. The van der Waals surface area contributed by atoms with E-state index in [2.05, 4.69) is 19.5 Å². The Morgan fingerprint density at radius 2 is 1.67 bits per heavy atom. The van der Waals surface area contributed by atoms with Crippen LogP contribution >= 0.6 is 0 Å². The second-order valence-electron chi connectivity index (χ2n) is 11.8. The van der Waals surface area contributed by atoms with Crippen LogP contribution in [-0.4, -0.2) is 90.8 Å². The molecule has 4 heterocycles. The molecule has 0 spiro atoms. The highest BCUT2D eigenvalue weighted by Crippen LogP contribution is 2.43. The van der Waals surface area contributed by atoms with Crippen LogP contribution in [0.4, 0.5) is 14.5 Å². The lowest BCUT2D eigenvalue weighted by atomic mass is 9.82. The number of hydrogen-bond donors (Lipinski definition) is 1. The first-order chi connectivity index (χ1) is 20.1. The van der Waals surface area contributed by atoms with Gasteiger partial charge in [-0.05, 0) is 68.9 Å². The third-order valence-electron chi connectivity index (χ3n) is 8.92. The number of piperidine rings is 2. The summed E-state index contributed by atoms with van der Waals surface area (Å²) < 4.78 is 57.2. The third kappa shape index (κ3) is 5.61.